The second-order valence-electron chi connectivity index (χ2n) is 4.70. The van der Waals surface area contributed by atoms with Gasteiger partial charge < -0.3 is 5.32 Å². The van der Waals surface area contributed by atoms with Gasteiger partial charge in [-0.1, -0.05) is 44.0 Å². The summed E-state index contributed by atoms with van der Waals surface area (Å²) in [4.78, 5) is 0. The van der Waals surface area contributed by atoms with E-state index < -0.39 is 0 Å². The van der Waals surface area contributed by atoms with Crippen molar-refractivity contribution in [1.82, 2.24) is 5.32 Å². The minimum Gasteiger partial charge on any atom is -0.319 e. The molecular formula is C15H25N. The van der Waals surface area contributed by atoms with Crippen LogP contribution in [0, 0.1) is 12.8 Å². The first-order valence-electron chi connectivity index (χ1n) is 6.47. The van der Waals surface area contributed by atoms with Gasteiger partial charge in [0.05, 0.1) is 0 Å². The molecule has 0 radical (unpaired) electrons. The van der Waals surface area contributed by atoms with Crippen LogP contribution in [-0.4, -0.2) is 13.6 Å². The monoisotopic (exact) mass is 219 g/mol. The smallest absolute Gasteiger partial charge is 0.00203 e. The van der Waals surface area contributed by atoms with Crippen molar-refractivity contribution in [2.75, 3.05) is 13.6 Å². The van der Waals surface area contributed by atoms with E-state index >= 15 is 0 Å². The van der Waals surface area contributed by atoms with E-state index in [1.165, 1.54) is 36.8 Å². The number of nitrogens with one attached hydrogen (secondary N) is 1. The van der Waals surface area contributed by atoms with Gasteiger partial charge in [0, 0.05) is 0 Å². The van der Waals surface area contributed by atoms with Gasteiger partial charge in [-0.2, -0.15) is 0 Å². The quantitative estimate of drug-likeness (QED) is 0.739. The van der Waals surface area contributed by atoms with Crippen molar-refractivity contribution in [3.63, 3.8) is 0 Å². The third kappa shape index (κ3) is 4.36. The first-order chi connectivity index (χ1) is 7.77. The summed E-state index contributed by atoms with van der Waals surface area (Å²) in [5, 5.41) is 3.32. The standard InChI is InChI=1S/C15H25N/c1-4-5-9-14(12-16-3)11-15-10-7-6-8-13(15)2/h6-8,10,14,16H,4-5,9,11-12H2,1-3H3. The zero-order valence-electron chi connectivity index (χ0n) is 10.9. The number of benzene rings is 1. The highest BCUT2D eigenvalue weighted by Crippen LogP contribution is 2.17. The Hall–Kier alpha value is -0.820. The highest BCUT2D eigenvalue weighted by molar-refractivity contribution is 5.25. The lowest BCUT2D eigenvalue weighted by Gasteiger charge is -2.17. The third-order valence-electron chi connectivity index (χ3n) is 3.23. The Labute approximate surface area is 100 Å². The molecule has 0 spiro atoms. The zero-order valence-corrected chi connectivity index (χ0v) is 10.9. The number of hydrogen-bond acceptors (Lipinski definition) is 1. The molecule has 90 valence electrons. The Morgan fingerprint density at radius 3 is 2.62 bits per heavy atom. The summed E-state index contributed by atoms with van der Waals surface area (Å²) in [6.45, 7) is 5.62. The van der Waals surface area contributed by atoms with Gasteiger partial charge in [-0.15, -0.1) is 0 Å². The maximum absolute atomic E-state index is 3.32. The average Bonchev–Trinajstić information content (AvgIpc) is 2.29. The Morgan fingerprint density at radius 1 is 1.25 bits per heavy atom. The summed E-state index contributed by atoms with van der Waals surface area (Å²) in [6.07, 6.45) is 5.20. The number of hydrogen-bond donors (Lipinski definition) is 1. The van der Waals surface area contributed by atoms with E-state index in [0.717, 1.165) is 12.5 Å². The fourth-order valence-electron chi connectivity index (χ4n) is 2.21. The van der Waals surface area contributed by atoms with Crippen LogP contribution < -0.4 is 5.32 Å². The molecule has 0 fully saturated rings. The molecule has 0 bridgehead atoms. The number of rotatable bonds is 7. The molecule has 1 atom stereocenters. The molecule has 1 rings (SSSR count). The van der Waals surface area contributed by atoms with Crippen LogP contribution in [0.1, 0.15) is 37.3 Å². The largest absolute Gasteiger partial charge is 0.319 e. The SMILES string of the molecule is CCCCC(CNC)Cc1ccccc1C. The van der Waals surface area contributed by atoms with Crippen LogP contribution >= 0.6 is 0 Å². The average molecular weight is 219 g/mol. The molecule has 0 aliphatic rings. The van der Waals surface area contributed by atoms with Crippen LogP contribution in [0.3, 0.4) is 0 Å². The molecular weight excluding hydrogens is 194 g/mol. The topological polar surface area (TPSA) is 12.0 Å². The van der Waals surface area contributed by atoms with Crippen LogP contribution in [0.5, 0.6) is 0 Å². The van der Waals surface area contributed by atoms with Crippen molar-refractivity contribution >= 4 is 0 Å². The second kappa shape index (κ2) is 7.45. The van der Waals surface area contributed by atoms with Gasteiger partial charge in [0.25, 0.3) is 0 Å². The van der Waals surface area contributed by atoms with Crippen molar-refractivity contribution in [2.45, 2.75) is 39.5 Å². The van der Waals surface area contributed by atoms with E-state index in [1.54, 1.807) is 0 Å². The van der Waals surface area contributed by atoms with E-state index in [1.807, 2.05) is 0 Å². The molecule has 0 heterocycles. The van der Waals surface area contributed by atoms with Gasteiger partial charge in [0.2, 0.25) is 0 Å². The van der Waals surface area contributed by atoms with Crippen LogP contribution in [0.2, 0.25) is 0 Å². The number of unbranched alkanes of at least 4 members (excludes halogenated alkanes) is 1. The van der Waals surface area contributed by atoms with Gasteiger partial charge in [0.1, 0.15) is 0 Å². The van der Waals surface area contributed by atoms with E-state index in [2.05, 4.69) is 50.5 Å². The van der Waals surface area contributed by atoms with Gasteiger partial charge >= 0.3 is 0 Å². The minimum atomic E-state index is 0.783. The lowest BCUT2D eigenvalue weighted by Crippen LogP contribution is -2.21. The molecule has 1 aromatic carbocycles. The predicted octanol–water partition coefficient (Wildman–Crippen LogP) is 3.56. The Kier molecular flexibility index (Phi) is 6.17. The fourth-order valence-corrected chi connectivity index (χ4v) is 2.21. The van der Waals surface area contributed by atoms with Crippen LogP contribution in [0.15, 0.2) is 24.3 Å². The Bertz CT molecular complexity index is 293. The summed E-state index contributed by atoms with van der Waals surface area (Å²) >= 11 is 0. The van der Waals surface area contributed by atoms with Gasteiger partial charge in [-0.25, -0.2) is 0 Å². The minimum absolute atomic E-state index is 0.783. The Morgan fingerprint density at radius 2 is 2.00 bits per heavy atom. The van der Waals surface area contributed by atoms with Crippen molar-refractivity contribution < 1.29 is 0 Å². The normalized spacial score (nSPS) is 12.7. The summed E-state index contributed by atoms with van der Waals surface area (Å²) < 4.78 is 0. The van der Waals surface area contributed by atoms with Gasteiger partial charge in [-0.3, -0.25) is 0 Å². The molecule has 0 aliphatic heterocycles. The maximum Gasteiger partial charge on any atom is -0.00203 e. The molecule has 1 N–H and O–H groups in total. The van der Waals surface area contributed by atoms with Crippen molar-refractivity contribution in [1.29, 1.82) is 0 Å². The first-order valence-corrected chi connectivity index (χ1v) is 6.47. The molecule has 0 aliphatic carbocycles. The molecule has 1 heteroatoms. The molecule has 16 heavy (non-hydrogen) atoms. The zero-order chi connectivity index (χ0) is 11.8. The Balaban J connectivity index is 2.56. The van der Waals surface area contributed by atoms with E-state index in [9.17, 15) is 0 Å². The van der Waals surface area contributed by atoms with E-state index in [-0.39, 0.29) is 0 Å². The highest BCUT2D eigenvalue weighted by Gasteiger charge is 2.09. The molecule has 0 aromatic heterocycles. The molecule has 0 saturated carbocycles. The molecule has 1 unspecified atom stereocenters. The van der Waals surface area contributed by atoms with E-state index in [4.69, 9.17) is 0 Å². The van der Waals surface area contributed by atoms with Crippen molar-refractivity contribution in [3.05, 3.63) is 35.4 Å². The van der Waals surface area contributed by atoms with Crippen LogP contribution in [0.4, 0.5) is 0 Å². The molecule has 0 saturated heterocycles. The van der Waals surface area contributed by atoms with Crippen LogP contribution in [0.25, 0.3) is 0 Å². The summed E-state index contributed by atoms with van der Waals surface area (Å²) in [6, 6.07) is 8.76. The highest BCUT2D eigenvalue weighted by atomic mass is 14.8. The summed E-state index contributed by atoms with van der Waals surface area (Å²) in [5.41, 5.74) is 2.94. The third-order valence-corrected chi connectivity index (χ3v) is 3.23. The maximum atomic E-state index is 3.32. The number of aryl methyl sites for hydroxylation is 1. The predicted molar refractivity (Wildman–Crippen MR) is 71.8 cm³/mol. The van der Waals surface area contributed by atoms with Gasteiger partial charge in [-0.05, 0) is 50.4 Å². The lowest BCUT2D eigenvalue weighted by atomic mass is 9.92. The molecule has 1 aromatic rings. The van der Waals surface area contributed by atoms with Crippen molar-refractivity contribution in [2.24, 2.45) is 5.92 Å². The lowest BCUT2D eigenvalue weighted by molar-refractivity contribution is 0.443. The van der Waals surface area contributed by atoms with Crippen LogP contribution in [-0.2, 0) is 6.42 Å². The van der Waals surface area contributed by atoms with Gasteiger partial charge in [0.15, 0.2) is 0 Å². The molecule has 1 nitrogen and oxygen atoms in total. The fraction of sp³-hybridized carbons (Fsp3) is 0.600. The van der Waals surface area contributed by atoms with Crippen molar-refractivity contribution in [3.8, 4) is 0 Å². The summed E-state index contributed by atoms with van der Waals surface area (Å²) in [5.74, 6) is 0.783. The van der Waals surface area contributed by atoms with E-state index in [0.29, 0.717) is 0 Å². The first kappa shape index (κ1) is 13.2. The summed E-state index contributed by atoms with van der Waals surface area (Å²) in [7, 11) is 2.05. The second-order valence-corrected chi connectivity index (χ2v) is 4.70. The molecule has 0 amide bonds.